The van der Waals surface area contributed by atoms with Crippen molar-refractivity contribution < 1.29 is 9.34 Å². The molecule has 0 aliphatic heterocycles. The highest BCUT2D eigenvalue weighted by atomic mass is 32.1. The van der Waals surface area contributed by atoms with Gasteiger partial charge in [-0.05, 0) is 11.8 Å². The molecule has 18 heavy (non-hydrogen) atoms. The van der Waals surface area contributed by atoms with E-state index in [2.05, 4.69) is 22.6 Å². The number of hydrogen-bond donors (Lipinski definition) is 1. The van der Waals surface area contributed by atoms with Crippen molar-refractivity contribution in [2.45, 2.75) is 18.6 Å². The van der Waals surface area contributed by atoms with Crippen LogP contribution < -0.4 is 0 Å². The summed E-state index contributed by atoms with van der Waals surface area (Å²) in [6.07, 6.45) is 3.25. The molecule has 0 fully saturated rings. The van der Waals surface area contributed by atoms with Crippen LogP contribution in [0.25, 0.3) is 0 Å². The molecule has 0 aromatic carbocycles. The van der Waals surface area contributed by atoms with Crippen molar-refractivity contribution in [1.29, 1.82) is 0 Å². The van der Waals surface area contributed by atoms with Crippen LogP contribution in [-0.2, 0) is 13.5 Å². The maximum atomic E-state index is 10.7. The van der Waals surface area contributed by atoms with Crippen molar-refractivity contribution in [2.24, 2.45) is 7.05 Å². The molecule has 0 spiro atoms. The number of thiol groups is 1. The number of nitro groups is 1. The second-order valence-electron chi connectivity index (χ2n) is 3.88. The third-order valence-corrected chi connectivity index (χ3v) is 2.95. The number of aromatic nitrogens is 3. The van der Waals surface area contributed by atoms with E-state index < -0.39 is 4.92 Å². The van der Waals surface area contributed by atoms with Crippen LogP contribution in [0.1, 0.15) is 22.7 Å². The van der Waals surface area contributed by atoms with Gasteiger partial charge < -0.3 is 14.5 Å². The summed E-state index contributed by atoms with van der Waals surface area (Å²) in [5, 5.41) is 10.4. The van der Waals surface area contributed by atoms with Crippen LogP contribution in [-0.4, -0.2) is 19.5 Å². The van der Waals surface area contributed by atoms with Crippen molar-refractivity contribution in [2.75, 3.05) is 0 Å². The van der Waals surface area contributed by atoms with Gasteiger partial charge in [-0.2, -0.15) is 12.6 Å². The lowest BCUT2D eigenvalue weighted by Gasteiger charge is -2.04. The summed E-state index contributed by atoms with van der Waals surface area (Å²) in [6.45, 7) is 1.79. The summed E-state index contributed by atoms with van der Waals surface area (Å²) in [4.78, 5) is 18.3. The van der Waals surface area contributed by atoms with Gasteiger partial charge in [-0.15, -0.1) is 0 Å². The van der Waals surface area contributed by atoms with E-state index in [4.69, 9.17) is 4.42 Å². The van der Waals surface area contributed by atoms with Gasteiger partial charge in [0.1, 0.15) is 12.0 Å². The lowest BCUT2D eigenvalue weighted by Crippen LogP contribution is -2.05. The van der Waals surface area contributed by atoms with Crippen LogP contribution in [0.4, 0.5) is 5.82 Å². The molecule has 7 nitrogen and oxygen atoms in total. The first-order chi connectivity index (χ1) is 8.49. The fourth-order valence-corrected chi connectivity index (χ4v) is 1.87. The van der Waals surface area contributed by atoms with E-state index in [9.17, 15) is 10.1 Å². The highest BCUT2D eigenvalue weighted by molar-refractivity contribution is 7.80. The summed E-state index contributed by atoms with van der Waals surface area (Å²) in [5.74, 6) is 1.71. The molecule has 0 saturated carbocycles. The van der Waals surface area contributed by atoms with Crippen LogP contribution in [0.15, 0.2) is 16.8 Å². The average molecular weight is 268 g/mol. The third-order valence-electron chi connectivity index (χ3n) is 2.55. The average Bonchev–Trinajstić information content (AvgIpc) is 2.86. The quantitative estimate of drug-likeness (QED) is 0.519. The first kappa shape index (κ1) is 12.6. The molecule has 0 N–H and O–H groups in total. The molecular formula is C10H12N4O3S. The number of imidazole rings is 1. The summed E-state index contributed by atoms with van der Waals surface area (Å²) >= 11 is 4.37. The summed E-state index contributed by atoms with van der Waals surface area (Å²) in [7, 11) is 1.60. The van der Waals surface area contributed by atoms with Gasteiger partial charge in [0.15, 0.2) is 5.82 Å². The van der Waals surface area contributed by atoms with E-state index in [-0.39, 0.29) is 11.1 Å². The number of rotatable bonds is 4. The molecular weight excluding hydrogens is 256 g/mol. The fourth-order valence-electron chi connectivity index (χ4n) is 1.58. The Bertz CT molecular complexity index is 577. The Morgan fingerprint density at radius 2 is 2.28 bits per heavy atom. The Labute approximate surface area is 108 Å². The van der Waals surface area contributed by atoms with Crippen molar-refractivity contribution in [1.82, 2.24) is 14.5 Å². The largest absolute Gasteiger partial charge is 0.445 e. The zero-order valence-electron chi connectivity index (χ0n) is 9.90. The minimum absolute atomic E-state index is 0.0471. The zero-order chi connectivity index (χ0) is 13.3. The molecule has 2 aromatic heterocycles. The Kier molecular flexibility index (Phi) is 3.37. The Hall–Kier alpha value is -1.83. The number of oxazole rings is 1. The monoisotopic (exact) mass is 268 g/mol. The van der Waals surface area contributed by atoms with Gasteiger partial charge in [-0.3, -0.25) is 0 Å². The van der Waals surface area contributed by atoms with Crippen LogP contribution >= 0.6 is 12.6 Å². The molecule has 8 heteroatoms. The summed E-state index contributed by atoms with van der Waals surface area (Å²) in [6, 6.07) is 0. The maximum absolute atomic E-state index is 10.7. The normalized spacial score (nSPS) is 12.6. The molecule has 2 aromatic rings. The van der Waals surface area contributed by atoms with E-state index in [0.29, 0.717) is 23.9 Å². The van der Waals surface area contributed by atoms with Gasteiger partial charge >= 0.3 is 5.82 Å². The van der Waals surface area contributed by atoms with E-state index in [1.165, 1.54) is 10.8 Å². The minimum atomic E-state index is -0.473. The van der Waals surface area contributed by atoms with E-state index in [1.54, 1.807) is 20.2 Å². The number of nitrogens with zero attached hydrogens (tertiary/aromatic N) is 4. The van der Waals surface area contributed by atoms with Crippen molar-refractivity contribution in [3.05, 3.63) is 40.0 Å². The lowest BCUT2D eigenvalue weighted by atomic mass is 10.3. The van der Waals surface area contributed by atoms with E-state index >= 15 is 0 Å². The summed E-state index contributed by atoms with van der Waals surface area (Å²) in [5.41, 5.74) is 0. The minimum Gasteiger partial charge on any atom is -0.445 e. The van der Waals surface area contributed by atoms with Crippen molar-refractivity contribution in [3.8, 4) is 0 Å². The van der Waals surface area contributed by atoms with Crippen molar-refractivity contribution >= 4 is 18.4 Å². The molecule has 0 bridgehead atoms. The molecule has 96 valence electrons. The molecule has 1 unspecified atom stereocenters. The highest BCUT2D eigenvalue weighted by Gasteiger charge is 2.21. The standard InChI is InChI=1S/C10H12N4O3S/c1-6-4-12-10(17-6)7(18)3-8-11-5-9(13(8)2)14(15)16/h4-5,7,18H,3H2,1-2H3. The topological polar surface area (TPSA) is 87.0 Å². The van der Waals surface area contributed by atoms with Gasteiger partial charge in [0.25, 0.3) is 0 Å². The molecule has 0 saturated heterocycles. The Morgan fingerprint density at radius 3 is 2.78 bits per heavy atom. The van der Waals surface area contributed by atoms with Crippen LogP contribution in [0.5, 0.6) is 0 Å². The molecule has 0 radical (unpaired) electrons. The van der Waals surface area contributed by atoms with Gasteiger partial charge in [0.2, 0.25) is 5.89 Å². The first-order valence-corrected chi connectivity index (χ1v) is 5.76. The first-order valence-electron chi connectivity index (χ1n) is 5.24. The zero-order valence-corrected chi connectivity index (χ0v) is 10.8. The second kappa shape index (κ2) is 4.81. The fraction of sp³-hybridized carbons (Fsp3) is 0.400. The van der Waals surface area contributed by atoms with E-state index in [1.807, 2.05) is 0 Å². The van der Waals surface area contributed by atoms with Crippen molar-refractivity contribution in [3.63, 3.8) is 0 Å². The molecule has 0 aliphatic carbocycles. The maximum Gasteiger partial charge on any atom is 0.342 e. The van der Waals surface area contributed by atoms with Crippen LogP contribution in [0.2, 0.25) is 0 Å². The predicted molar refractivity (Wildman–Crippen MR) is 66.5 cm³/mol. The summed E-state index contributed by atoms with van der Waals surface area (Å²) < 4.78 is 6.78. The molecule has 2 heterocycles. The van der Waals surface area contributed by atoms with Gasteiger partial charge in [0, 0.05) is 6.42 Å². The highest BCUT2D eigenvalue weighted by Crippen LogP contribution is 2.24. The SMILES string of the molecule is Cc1cnc(C(S)Cc2ncc([N+](=O)[O-])n2C)o1. The predicted octanol–water partition coefficient (Wildman–Crippen LogP) is 1.84. The van der Waals surface area contributed by atoms with Gasteiger partial charge in [-0.25, -0.2) is 14.5 Å². The third kappa shape index (κ3) is 2.37. The number of hydrogen-bond acceptors (Lipinski definition) is 6. The number of aryl methyl sites for hydroxylation is 1. The lowest BCUT2D eigenvalue weighted by molar-refractivity contribution is -0.391. The molecule has 0 aliphatic rings. The Balaban J connectivity index is 2.17. The van der Waals surface area contributed by atoms with Crippen LogP contribution in [0.3, 0.4) is 0 Å². The smallest absolute Gasteiger partial charge is 0.342 e. The molecule has 0 amide bonds. The molecule has 2 rings (SSSR count). The van der Waals surface area contributed by atoms with Gasteiger partial charge in [-0.1, -0.05) is 0 Å². The van der Waals surface area contributed by atoms with E-state index in [0.717, 1.165) is 0 Å². The second-order valence-corrected chi connectivity index (χ2v) is 4.50. The molecule has 1 atom stereocenters. The van der Waals surface area contributed by atoms with Gasteiger partial charge in [0.05, 0.1) is 18.5 Å². The van der Waals surface area contributed by atoms with Crippen LogP contribution in [0, 0.1) is 17.0 Å². The Morgan fingerprint density at radius 1 is 1.56 bits per heavy atom.